The number of halogens is 1. The Morgan fingerprint density at radius 1 is 1.44 bits per heavy atom. The molecule has 0 bridgehead atoms. The van der Waals surface area contributed by atoms with Gasteiger partial charge in [0.25, 0.3) is 0 Å². The highest BCUT2D eigenvalue weighted by Gasteiger charge is 2.31. The Balaban J connectivity index is 2.15. The van der Waals surface area contributed by atoms with Gasteiger partial charge in [-0.25, -0.2) is 4.39 Å². The molecular formula is C13H19FN2. The Morgan fingerprint density at radius 2 is 2.19 bits per heavy atom. The van der Waals surface area contributed by atoms with Crippen molar-refractivity contribution in [1.29, 1.82) is 0 Å². The summed E-state index contributed by atoms with van der Waals surface area (Å²) in [5.41, 5.74) is 0.744. The van der Waals surface area contributed by atoms with Gasteiger partial charge >= 0.3 is 0 Å². The fourth-order valence-corrected chi connectivity index (χ4v) is 2.56. The van der Waals surface area contributed by atoms with Crippen LogP contribution in [0.1, 0.15) is 13.3 Å². The van der Waals surface area contributed by atoms with Crippen LogP contribution in [0.5, 0.6) is 0 Å². The second-order valence-corrected chi connectivity index (χ2v) is 4.49. The zero-order valence-corrected chi connectivity index (χ0v) is 9.91. The summed E-state index contributed by atoms with van der Waals surface area (Å²) in [6.07, 6.45) is 1.14. The van der Waals surface area contributed by atoms with Gasteiger partial charge in [-0.05, 0) is 45.0 Å². The summed E-state index contributed by atoms with van der Waals surface area (Å²) >= 11 is 0. The summed E-state index contributed by atoms with van der Waals surface area (Å²) in [6.45, 7) is 4.14. The SMILES string of the molecule is CNCC1CCN(c2ccccc2F)C1C. The predicted octanol–water partition coefficient (Wildman–Crippen LogP) is 2.26. The summed E-state index contributed by atoms with van der Waals surface area (Å²) < 4.78 is 13.7. The van der Waals surface area contributed by atoms with Crippen LogP contribution in [-0.2, 0) is 0 Å². The molecule has 1 fully saturated rings. The quantitative estimate of drug-likeness (QED) is 0.844. The molecule has 1 heterocycles. The minimum Gasteiger partial charge on any atom is -0.366 e. The normalized spacial score (nSPS) is 25.1. The topological polar surface area (TPSA) is 15.3 Å². The van der Waals surface area contributed by atoms with Gasteiger partial charge < -0.3 is 10.2 Å². The highest BCUT2D eigenvalue weighted by molar-refractivity contribution is 5.49. The molecule has 0 radical (unpaired) electrons. The van der Waals surface area contributed by atoms with E-state index < -0.39 is 0 Å². The van der Waals surface area contributed by atoms with Crippen LogP contribution >= 0.6 is 0 Å². The fraction of sp³-hybridized carbons (Fsp3) is 0.538. The van der Waals surface area contributed by atoms with Gasteiger partial charge in [0.15, 0.2) is 0 Å². The molecule has 16 heavy (non-hydrogen) atoms. The van der Waals surface area contributed by atoms with Crippen LogP contribution in [0, 0.1) is 11.7 Å². The standard InChI is InChI=1S/C13H19FN2/c1-10-11(9-15-2)7-8-16(10)13-6-4-3-5-12(13)14/h3-6,10-11,15H,7-9H2,1-2H3. The highest BCUT2D eigenvalue weighted by atomic mass is 19.1. The Bertz CT molecular complexity index is 354. The Kier molecular flexibility index (Phi) is 3.44. The monoisotopic (exact) mass is 222 g/mol. The van der Waals surface area contributed by atoms with Crippen LogP contribution in [0.25, 0.3) is 0 Å². The van der Waals surface area contributed by atoms with Crippen molar-refractivity contribution < 1.29 is 4.39 Å². The first-order valence-corrected chi connectivity index (χ1v) is 5.90. The van der Waals surface area contributed by atoms with Crippen molar-refractivity contribution in [3.05, 3.63) is 30.1 Å². The van der Waals surface area contributed by atoms with Crippen molar-refractivity contribution in [3.63, 3.8) is 0 Å². The Hall–Kier alpha value is -1.09. The van der Waals surface area contributed by atoms with E-state index >= 15 is 0 Å². The summed E-state index contributed by atoms with van der Waals surface area (Å²) in [5, 5.41) is 3.21. The van der Waals surface area contributed by atoms with E-state index in [-0.39, 0.29) is 5.82 Å². The van der Waals surface area contributed by atoms with E-state index in [0.29, 0.717) is 12.0 Å². The minimum atomic E-state index is -0.112. The molecule has 0 aliphatic carbocycles. The third-order valence-electron chi connectivity index (χ3n) is 3.54. The molecular weight excluding hydrogens is 203 g/mol. The molecule has 2 rings (SSSR count). The van der Waals surface area contributed by atoms with Gasteiger partial charge in [-0.1, -0.05) is 12.1 Å². The molecule has 2 nitrogen and oxygen atoms in total. The lowest BCUT2D eigenvalue weighted by Gasteiger charge is -2.27. The summed E-state index contributed by atoms with van der Waals surface area (Å²) in [7, 11) is 1.97. The number of hydrogen-bond acceptors (Lipinski definition) is 2. The average molecular weight is 222 g/mol. The molecule has 1 aromatic carbocycles. The second kappa shape index (κ2) is 4.83. The summed E-state index contributed by atoms with van der Waals surface area (Å²) in [4.78, 5) is 2.18. The Labute approximate surface area is 96.5 Å². The van der Waals surface area contributed by atoms with Gasteiger partial charge in [-0.2, -0.15) is 0 Å². The molecule has 1 N–H and O–H groups in total. The highest BCUT2D eigenvalue weighted by Crippen LogP contribution is 2.30. The van der Waals surface area contributed by atoms with Crippen LogP contribution in [0.4, 0.5) is 10.1 Å². The summed E-state index contributed by atoms with van der Waals surface area (Å²) in [5.74, 6) is 0.504. The molecule has 88 valence electrons. The van der Waals surface area contributed by atoms with E-state index in [1.807, 2.05) is 19.2 Å². The molecule has 1 aliphatic rings. The van der Waals surface area contributed by atoms with Crippen molar-refractivity contribution in [1.82, 2.24) is 5.32 Å². The fourth-order valence-electron chi connectivity index (χ4n) is 2.56. The number of nitrogens with one attached hydrogen (secondary N) is 1. The number of para-hydroxylation sites is 1. The lowest BCUT2D eigenvalue weighted by molar-refractivity contribution is 0.471. The first-order chi connectivity index (χ1) is 7.74. The molecule has 3 heteroatoms. The molecule has 0 aromatic heterocycles. The molecule has 0 spiro atoms. The lowest BCUT2D eigenvalue weighted by atomic mass is 10.0. The molecule has 0 saturated carbocycles. The van der Waals surface area contributed by atoms with E-state index in [4.69, 9.17) is 0 Å². The zero-order chi connectivity index (χ0) is 11.5. The van der Waals surface area contributed by atoms with Crippen molar-refractivity contribution >= 4 is 5.69 Å². The van der Waals surface area contributed by atoms with Gasteiger partial charge in [0.1, 0.15) is 5.82 Å². The third-order valence-corrected chi connectivity index (χ3v) is 3.54. The molecule has 1 saturated heterocycles. The van der Waals surface area contributed by atoms with E-state index in [0.717, 1.165) is 25.2 Å². The first kappa shape index (κ1) is 11.4. The number of anilines is 1. The first-order valence-electron chi connectivity index (χ1n) is 5.90. The number of nitrogens with zero attached hydrogens (tertiary/aromatic N) is 1. The Morgan fingerprint density at radius 3 is 2.88 bits per heavy atom. The third kappa shape index (κ3) is 2.05. The van der Waals surface area contributed by atoms with Crippen molar-refractivity contribution in [2.24, 2.45) is 5.92 Å². The van der Waals surface area contributed by atoms with Gasteiger partial charge in [0.2, 0.25) is 0 Å². The van der Waals surface area contributed by atoms with E-state index in [9.17, 15) is 4.39 Å². The van der Waals surface area contributed by atoms with Gasteiger partial charge in [-0.15, -0.1) is 0 Å². The van der Waals surface area contributed by atoms with Crippen LogP contribution in [-0.4, -0.2) is 26.2 Å². The lowest BCUT2D eigenvalue weighted by Crippen LogP contribution is -2.34. The van der Waals surface area contributed by atoms with Crippen molar-refractivity contribution in [2.75, 3.05) is 25.0 Å². The average Bonchev–Trinajstić information content (AvgIpc) is 2.62. The maximum Gasteiger partial charge on any atom is 0.146 e. The van der Waals surface area contributed by atoms with E-state index in [2.05, 4.69) is 17.1 Å². The number of rotatable bonds is 3. The molecule has 1 aliphatic heterocycles. The van der Waals surface area contributed by atoms with Crippen LogP contribution in [0.15, 0.2) is 24.3 Å². The maximum absolute atomic E-state index is 13.7. The van der Waals surface area contributed by atoms with Crippen molar-refractivity contribution in [3.8, 4) is 0 Å². The van der Waals surface area contributed by atoms with Gasteiger partial charge in [0.05, 0.1) is 5.69 Å². The molecule has 2 unspecified atom stereocenters. The smallest absolute Gasteiger partial charge is 0.146 e. The van der Waals surface area contributed by atoms with Crippen molar-refractivity contribution in [2.45, 2.75) is 19.4 Å². The predicted molar refractivity (Wildman–Crippen MR) is 65.2 cm³/mol. The molecule has 2 atom stereocenters. The second-order valence-electron chi connectivity index (χ2n) is 4.49. The molecule has 1 aromatic rings. The maximum atomic E-state index is 13.7. The molecule has 0 amide bonds. The summed E-state index contributed by atoms with van der Waals surface area (Å²) in [6, 6.07) is 7.45. The zero-order valence-electron chi connectivity index (χ0n) is 9.91. The number of hydrogen-bond donors (Lipinski definition) is 1. The largest absolute Gasteiger partial charge is 0.366 e. The van der Waals surface area contributed by atoms with Crippen LogP contribution < -0.4 is 10.2 Å². The van der Waals surface area contributed by atoms with Gasteiger partial charge in [-0.3, -0.25) is 0 Å². The van der Waals surface area contributed by atoms with Crippen LogP contribution in [0.2, 0.25) is 0 Å². The van der Waals surface area contributed by atoms with E-state index in [1.165, 1.54) is 6.07 Å². The van der Waals surface area contributed by atoms with Crippen LogP contribution in [0.3, 0.4) is 0 Å². The number of benzene rings is 1. The van der Waals surface area contributed by atoms with E-state index in [1.54, 1.807) is 6.07 Å². The van der Waals surface area contributed by atoms with Gasteiger partial charge in [0, 0.05) is 12.6 Å². The minimum absolute atomic E-state index is 0.112.